The third-order valence-electron chi connectivity index (χ3n) is 3.01. The van der Waals surface area contributed by atoms with E-state index in [1.165, 1.54) is 0 Å². The van der Waals surface area contributed by atoms with Crippen molar-refractivity contribution in [1.82, 2.24) is 10.2 Å². The van der Waals surface area contributed by atoms with Gasteiger partial charge in [0, 0.05) is 34.1 Å². The van der Waals surface area contributed by atoms with Crippen LogP contribution < -0.4 is 5.32 Å². The number of hydrogen-bond donors (Lipinski definition) is 1. The number of nitrogens with one attached hydrogen (secondary N) is 1. The zero-order chi connectivity index (χ0) is 12.4. The molecule has 0 aromatic heterocycles. The van der Waals surface area contributed by atoms with E-state index < -0.39 is 0 Å². The summed E-state index contributed by atoms with van der Waals surface area (Å²) in [7, 11) is 1.87. The van der Waals surface area contributed by atoms with Crippen molar-refractivity contribution < 1.29 is 4.79 Å². The molecule has 1 aromatic rings. The summed E-state index contributed by atoms with van der Waals surface area (Å²) in [6.07, 6.45) is 1.03. The molecule has 2 rings (SSSR count). The predicted molar refractivity (Wildman–Crippen MR) is 75.2 cm³/mol. The maximum Gasteiger partial charge on any atom is 0.253 e. The van der Waals surface area contributed by atoms with Crippen LogP contribution in [0, 0.1) is 0 Å². The smallest absolute Gasteiger partial charge is 0.253 e. The van der Waals surface area contributed by atoms with Gasteiger partial charge in [-0.05, 0) is 31.2 Å². The van der Waals surface area contributed by atoms with Gasteiger partial charge < -0.3 is 10.2 Å². The summed E-state index contributed by atoms with van der Waals surface area (Å²) in [5.41, 5.74) is 0.709. The summed E-state index contributed by atoms with van der Waals surface area (Å²) >= 11 is 6.80. The molecule has 0 bridgehead atoms. The number of rotatable bonds is 2. The number of likely N-dealkylation sites (N-methyl/N-ethyl adjacent to an activating group) is 1. The molecule has 1 fully saturated rings. The lowest BCUT2D eigenvalue weighted by Gasteiger charge is -2.24. The average Bonchev–Trinajstić information content (AvgIpc) is 2.79. The fourth-order valence-electron chi connectivity index (χ4n) is 2.02. The van der Waals surface area contributed by atoms with Crippen LogP contribution in [0.5, 0.6) is 0 Å². The number of carbonyl (C=O) groups is 1. The molecule has 1 aromatic carbocycles. The Balaban J connectivity index is 2.17. The van der Waals surface area contributed by atoms with Crippen molar-refractivity contribution in [3.05, 3.63) is 32.7 Å². The van der Waals surface area contributed by atoms with Crippen molar-refractivity contribution in [2.24, 2.45) is 0 Å². The second-order valence-electron chi connectivity index (χ2n) is 4.22. The Bertz CT molecular complexity index is 410. The number of nitrogens with zero attached hydrogens (tertiary/aromatic N) is 1. The highest BCUT2D eigenvalue weighted by Gasteiger charge is 2.24. The second-order valence-corrected chi connectivity index (χ2v) is 6.05. The molecule has 1 unspecified atom stereocenters. The van der Waals surface area contributed by atoms with Crippen molar-refractivity contribution in [3.63, 3.8) is 0 Å². The van der Waals surface area contributed by atoms with Crippen molar-refractivity contribution >= 4 is 37.8 Å². The molecular formula is C12H14Br2N2O. The number of benzene rings is 1. The molecule has 0 spiro atoms. The summed E-state index contributed by atoms with van der Waals surface area (Å²) in [5, 5.41) is 3.27. The molecule has 1 heterocycles. The first-order valence-corrected chi connectivity index (χ1v) is 7.10. The molecule has 17 heavy (non-hydrogen) atoms. The Labute approximate surface area is 118 Å². The Morgan fingerprint density at radius 1 is 1.35 bits per heavy atom. The summed E-state index contributed by atoms with van der Waals surface area (Å²) in [4.78, 5) is 14.1. The minimum atomic E-state index is 0.0701. The summed E-state index contributed by atoms with van der Waals surface area (Å²) in [6, 6.07) is 5.94. The molecule has 1 amide bonds. The zero-order valence-corrected chi connectivity index (χ0v) is 12.7. The molecule has 0 saturated carbocycles. The van der Waals surface area contributed by atoms with Gasteiger partial charge in [-0.3, -0.25) is 4.79 Å². The van der Waals surface area contributed by atoms with Crippen molar-refractivity contribution in [2.45, 2.75) is 12.5 Å². The van der Waals surface area contributed by atoms with Gasteiger partial charge in [-0.25, -0.2) is 0 Å². The van der Waals surface area contributed by atoms with Gasteiger partial charge in [0.05, 0.1) is 0 Å². The molecule has 1 aliphatic heterocycles. The second kappa shape index (κ2) is 5.50. The van der Waals surface area contributed by atoms with Crippen LogP contribution in [0.4, 0.5) is 0 Å². The van der Waals surface area contributed by atoms with Crippen molar-refractivity contribution in [1.29, 1.82) is 0 Å². The summed E-state index contributed by atoms with van der Waals surface area (Å²) in [5.74, 6) is 0.0701. The molecule has 0 aliphatic carbocycles. The zero-order valence-electron chi connectivity index (χ0n) is 9.54. The Morgan fingerprint density at radius 2 is 2.00 bits per heavy atom. The van der Waals surface area contributed by atoms with Crippen molar-refractivity contribution in [2.75, 3.05) is 20.1 Å². The van der Waals surface area contributed by atoms with E-state index >= 15 is 0 Å². The first-order chi connectivity index (χ1) is 8.08. The van der Waals surface area contributed by atoms with Crippen LogP contribution in [0.3, 0.4) is 0 Å². The SMILES string of the molecule is CN(C(=O)c1cc(Br)cc(Br)c1)C1CCNC1. The molecule has 1 atom stereocenters. The summed E-state index contributed by atoms with van der Waals surface area (Å²) < 4.78 is 1.82. The fourth-order valence-corrected chi connectivity index (χ4v) is 3.31. The van der Waals surface area contributed by atoms with E-state index in [1.807, 2.05) is 30.1 Å². The lowest BCUT2D eigenvalue weighted by atomic mass is 10.1. The van der Waals surface area contributed by atoms with E-state index in [9.17, 15) is 4.79 Å². The molecule has 1 saturated heterocycles. The fraction of sp³-hybridized carbons (Fsp3) is 0.417. The van der Waals surface area contributed by atoms with Gasteiger partial charge in [0.1, 0.15) is 0 Å². The minimum absolute atomic E-state index is 0.0701. The highest BCUT2D eigenvalue weighted by Crippen LogP contribution is 2.21. The van der Waals surface area contributed by atoms with E-state index in [-0.39, 0.29) is 5.91 Å². The number of halogens is 2. The monoisotopic (exact) mass is 360 g/mol. The molecule has 1 aliphatic rings. The van der Waals surface area contributed by atoms with Crippen molar-refractivity contribution in [3.8, 4) is 0 Å². The Morgan fingerprint density at radius 3 is 2.53 bits per heavy atom. The molecular weight excluding hydrogens is 348 g/mol. The third-order valence-corrected chi connectivity index (χ3v) is 3.93. The first-order valence-electron chi connectivity index (χ1n) is 5.52. The van der Waals surface area contributed by atoms with Crippen LogP contribution in [0.2, 0.25) is 0 Å². The number of amides is 1. The van der Waals surface area contributed by atoms with Crippen LogP contribution in [-0.2, 0) is 0 Å². The summed E-state index contributed by atoms with van der Waals surface area (Å²) in [6.45, 7) is 1.88. The van der Waals surface area contributed by atoms with E-state index in [1.54, 1.807) is 0 Å². The lowest BCUT2D eigenvalue weighted by Crippen LogP contribution is -2.38. The maximum absolute atomic E-state index is 12.3. The first kappa shape index (κ1) is 13.1. The Kier molecular flexibility index (Phi) is 4.22. The topological polar surface area (TPSA) is 32.3 Å². The molecule has 5 heteroatoms. The number of hydrogen-bond acceptors (Lipinski definition) is 2. The molecule has 92 valence electrons. The third kappa shape index (κ3) is 3.09. The van der Waals surface area contributed by atoms with Gasteiger partial charge >= 0.3 is 0 Å². The van der Waals surface area contributed by atoms with Gasteiger partial charge in [-0.15, -0.1) is 0 Å². The van der Waals surface area contributed by atoms with Gasteiger partial charge in [0.2, 0.25) is 0 Å². The van der Waals surface area contributed by atoms with Gasteiger partial charge in [-0.1, -0.05) is 31.9 Å². The highest BCUT2D eigenvalue weighted by atomic mass is 79.9. The lowest BCUT2D eigenvalue weighted by molar-refractivity contribution is 0.0743. The van der Waals surface area contributed by atoms with Crippen LogP contribution in [0.15, 0.2) is 27.1 Å². The maximum atomic E-state index is 12.3. The normalized spacial score (nSPS) is 19.4. The van der Waals surface area contributed by atoms with Crippen LogP contribution in [0.1, 0.15) is 16.8 Å². The molecule has 1 N–H and O–H groups in total. The van der Waals surface area contributed by atoms with Gasteiger partial charge in [0.25, 0.3) is 5.91 Å². The highest BCUT2D eigenvalue weighted by molar-refractivity contribution is 9.11. The van der Waals surface area contributed by atoms with Gasteiger partial charge in [0.15, 0.2) is 0 Å². The largest absolute Gasteiger partial charge is 0.337 e. The van der Waals surface area contributed by atoms with Gasteiger partial charge in [-0.2, -0.15) is 0 Å². The van der Waals surface area contributed by atoms with E-state index in [0.717, 1.165) is 28.5 Å². The standard InChI is InChI=1S/C12H14Br2N2O/c1-16(11-2-3-15-7-11)12(17)8-4-9(13)6-10(14)5-8/h4-6,11,15H,2-3,7H2,1H3. The molecule has 3 nitrogen and oxygen atoms in total. The van der Waals surface area contributed by atoms with E-state index in [0.29, 0.717) is 11.6 Å². The number of carbonyl (C=O) groups excluding carboxylic acids is 1. The van der Waals surface area contributed by atoms with E-state index in [2.05, 4.69) is 37.2 Å². The molecule has 0 radical (unpaired) electrons. The van der Waals surface area contributed by atoms with Crippen LogP contribution in [0.25, 0.3) is 0 Å². The quantitative estimate of drug-likeness (QED) is 0.878. The minimum Gasteiger partial charge on any atom is -0.337 e. The Hall–Kier alpha value is -0.390. The van der Waals surface area contributed by atoms with E-state index in [4.69, 9.17) is 0 Å². The predicted octanol–water partition coefficient (Wildman–Crippen LogP) is 2.65. The van der Waals surface area contributed by atoms with Crippen LogP contribution >= 0.6 is 31.9 Å². The average molecular weight is 362 g/mol. The van der Waals surface area contributed by atoms with Crippen LogP contribution in [-0.4, -0.2) is 37.0 Å².